The Balaban J connectivity index is 1.93. The van der Waals surface area contributed by atoms with Crippen molar-refractivity contribution in [3.63, 3.8) is 0 Å². The van der Waals surface area contributed by atoms with Crippen LogP contribution in [0.3, 0.4) is 0 Å². The third-order valence-corrected chi connectivity index (χ3v) is 4.02. The van der Waals surface area contributed by atoms with E-state index in [1.807, 2.05) is 42.4 Å². The number of nitrogens with one attached hydrogen (secondary N) is 1. The molecule has 1 amide bonds. The number of fused-ring (bicyclic) bond motifs is 1. The van der Waals surface area contributed by atoms with Gasteiger partial charge in [0.05, 0.1) is 0 Å². The third kappa shape index (κ3) is 1.80. The van der Waals surface area contributed by atoms with Gasteiger partial charge in [0, 0.05) is 35.8 Å². The lowest BCUT2D eigenvalue weighted by Crippen LogP contribution is -2.35. The summed E-state index contributed by atoms with van der Waals surface area (Å²) in [6.07, 6.45) is 6.67. The van der Waals surface area contributed by atoms with Crippen LogP contribution in [0.4, 0.5) is 0 Å². The number of H-pyrrole nitrogens is 1. The van der Waals surface area contributed by atoms with Crippen molar-refractivity contribution in [3.05, 3.63) is 36.0 Å². The van der Waals surface area contributed by atoms with E-state index in [1.54, 1.807) is 0 Å². The first-order valence-electron chi connectivity index (χ1n) is 6.60. The molecule has 0 aliphatic heterocycles. The van der Waals surface area contributed by atoms with Crippen LogP contribution in [0.5, 0.6) is 0 Å². The van der Waals surface area contributed by atoms with E-state index in [0.717, 1.165) is 29.3 Å². The standard InChI is InChI=1S/C15H18N2O/c1-17(11-5-2-3-6-11)15(18)13-7-4-8-14-12(13)9-10-16-14/h4,7-11,16H,2-3,5-6H2,1H3. The first-order valence-corrected chi connectivity index (χ1v) is 6.60. The lowest BCUT2D eigenvalue weighted by molar-refractivity contribution is 0.0737. The van der Waals surface area contributed by atoms with E-state index in [4.69, 9.17) is 0 Å². The van der Waals surface area contributed by atoms with E-state index in [-0.39, 0.29) is 5.91 Å². The first kappa shape index (κ1) is 11.3. The van der Waals surface area contributed by atoms with Crippen molar-refractivity contribution in [2.75, 3.05) is 7.05 Å². The van der Waals surface area contributed by atoms with Gasteiger partial charge in [-0.3, -0.25) is 4.79 Å². The van der Waals surface area contributed by atoms with Crippen LogP contribution in [0, 0.1) is 0 Å². The highest BCUT2D eigenvalue weighted by molar-refractivity contribution is 6.06. The van der Waals surface area contributed by atoms with Gasteiger partial charge >= 0.3 is 0 Å². The van der Waals surface area contributed by atoms with E-state index in [1.165, 1.54) is 12.8 Å². The summed E-state index contributed by atoms with van der Waals surface area (Å²) in [5.74, 6) is 0.145. The van der Waals surface area contributed by atoms with Crippen LogP contribution in [0.15, 0.2) is 30.5 Å². The Morgan fingerprint density at radius 1 is 1.28 bits per heavy atom. The van der Waals surface area contributed by atoms with E-state index < -0.39 is 0 Å². The fourth-order valence-corrected chi connectivity index (χ4v) is 2.92. The SMILES string of the molecule is CN(C(=O)c1cccc2[nH]ccc12)C1CCCC1. The molecule has 0 atom stereocenters. The molecule has 1 heterocycles. The first-order chi connectivity index (χ1) is 8.77. The molecule has 0 spiro atoms. The minimum absolute atomic E-state index is 0.145. The molecule has 1 aromatic carbocycles. The van der Waals surface area contributed by atoms with Crippen LogP contribution in [0.25, 0.3) is 10.9 Å². The lowest BCUT2D eigenvalue weighted by atomic mass is 10.1. The highest BCUT2D eigenvalue weighted by Crippen LogP contribution is 2.25. The summed E-state index contributed by atoms with van der Waals surface area (Å²) < 4.78 is 0. The number of aromatic nitrogens is 1. The van der Waals surface area contributed by atoms with Crippen molar-refractivity contribution in [2.45, 2.75) is 31.7 Å². The molecule has 3 nitrogen and oxygen atoms in total. The van der Waals surface area contributed by atoms with Gasteiger partial charge in [-0.15, -0.1) is 0 Å². The molecule has 3 heteroatoms. The fraction of sp³-hybridized carbons (Fsp3) is 0.400. The summed E-state index contributed by atoms with van der Waals surface area (Å²) in [5, 5.41) is 1.02. The van der Waals surface area contributed by atoms with Gasteiger partial charge < -0.3 is 9.88 Å². The average molecular weight is 242 g/mol. The second-order valence-electron chi connectivity index (χ2n) is 5.10. The molecule has 1 aromatic heterocycles. The molecule has 0 bridgehead atoms. The maximum Gasteiger partial charge on any atom is 0.254 e. The molecule has 1 aliphatic rings. The van der Waals surface area contributed by atoms with Gasteiger partial charge in [-0.25, -0.2) is 0 Å². The van der Waals surface area contributed by atoms with Crippen LogP contribution < -0.4 is 0 Å². The van der Waals surface area contributed by atoms with Crippen LogP contribution in [0.2, 0.25) is 0 Å². The Kier molecular flexibility index (Phi) is 2.82. The minimum atomic E-state index is 0.145. The molecule has 1 fully saturated rings. The largest absolute Gasteiger partial charge is 0.361 e. The zero-order valence-electron chi connectivity index (χ0n) is 10.6. The van der Waals surface area contributed by atoms with Crippen LogP contribution >= 0.6 is 0 Å². The second-order valence-corrected chi connectivity index (χ2v) is 5.10. The Labute approximate surface area is 107 Å². The van der Waals surface area contributed by atoms with E-state index in [2.05, 4.69) is 4.98 Å². The molecule has 3 rings (SSSR count). The van der Waals surface area contributed by atoms with Crippen LogP contribution in [0.1, 0.15) is 36.0 Å². The number of hydrogen-bond donors (Lipinski definition) is 1. The Bertz CT molecular complexity index is 567. The summed E-state index contributed by atoms with van der Waals surface area (Å²) in [6.45, 7) is 0. The molecule has 0 radical (unpaired) electrons. The summed E-state index contributed by atoms with van der Waals surface area (Å²) in [6, 6.07) is 8.26. The number of amides is 1. The number of carbonyl (C=O) groups is 1. The highest BCUT2D eigenvalue weighted by Gasteiger charge is 2.25. The smallest absolute Gasteiger partial charge is 0.254 e. The van der Waals surface area contributed by atoms with E-state index in [9.17, 15) is 4.79 Å². The summed E-state index contributed by atoms with van der Waals surface area (Å²) in [7, 11) is 1.93. The van der Waals surface area contributed by atoms with Gasteiger partial charge in [-0.1, -0.05) is 18.9 Å². The van der Waals surface area contributed by atoms with Crippen molar-refractivity contribution in [2.24, 2.45) is 0 Å². The molecule has 0 saturated heterocycles. The summed E-state index contributed by atoms with van der Waals surface area (Å²) >= 11 is 0. The van der Waals surface area contributed by atoms with Gasteiger partial charge in [0.25, 0.3) is 5.91 Å². The number of nitrogens with zero attached hydrogens (tertiary/aromatic N) is 1. The van der Waals surface area contributed by atoms with Crippen LogP contribution in [-0.2, 0) is 0 Å². The molecule has 0 unspecified atom stereocenters. The van der Waals surface area contributed by atoms with E-state index >= 15 is 0 Å². The van der Waals surface area contributed by atoms with E-state index in [0.29, 0.717) is 6.04 Å². The normalized spacial score (nSPS) is 16.3. The number of rotatable bonds is 2. The number of aromatic amines is 1. The maximum atomic E-state index is 12.6. The molecular weight excluding hydrogens is 224 g/mol. The lowest BCUT2D eigenvalue weighted by Gasteiger charge is -2.24. The van der Waals surface area contributed by atoms with Crippen molar-refractivity contribution in [1.29, 1.82) is 0 Å². The Morgan fingerprint density at radius 3 is 2.83 bits per heavy atom. The van der Waals surface area contributed by atoms with Crippen LogP contribution in [-0.4, -0.2) is 28.9 Å². The second kappa shape index (κ2) is 4.48. The Hall–Kier alpha value is -1.77. The average Bonchev–Trinajstić information content (AvgIpc) is 3.06. The number of benzene rings is 1. The van der Waals surface area contributed by atoms with Gasteiger partial charge in [0.2, 0.25) is 0 Å². The molecule has 18 heavy (non-hydrogen) atoms. The van der Waals surface area contributed by atoms with Crippen molar-refractivity contribution in [1.82, 2.24) is 9.88 Å². The van der Waals surface area contributed by atoms with Gasteiger partial charge in [0.15, 0.2) is 0 Å². The zero-order valence-corrected chi connectivity index (χ0v) is 10.6. The van der Waals surface area contributed by atoms with Gasteiger partial charge in [0.1, 0.15) is 0 Å². The predicted molar refractivity (Wildman–Crippen MR) is 72.6 cm³/mol. The number of hydrogen-bond acceptors (Lipinski definition) is 1. The number of carbonyl (C=O) groups excluding carboxylic acids is 1. The fourth-order valence-electron chi connectivity index (χ4n) is 2.92. The molecular formula is C15H18N2O. The minimum Gasteiger partial charge on any atom is -0.361 e. The molecule has 1 saturated carbocycles. The quantitative estimate of drug-likeness (QED) is 0.862. The van der Waals surface area contributed by atoms with Gasteiger partial charge in [-0.05, 0) is 31.0 Å². The Morgan fingerprint density at radius 2 is 2.06 bits per heavy atom. The summed E-state index contributed by atoms with van der Waals surface area (Å²) in [5.41, 5.74) is 1.84. The van der Waals surface area contributed by atoms with Crippen molar-refractivity contribution >= 4 is 16.8 Å². The topological polar surface area (TPSA) is 36.1 Å². The monoisotopic (exact) mass is 242 g/mol. The third-order valence-electron chi connectivity index (χ3n) is 4.02. The molecule has 1 N–H and O–H groups in total. The van der Waals surface area contributed by atoms with Crippen molar-refractivity contribution < 1.29 is 4.79 Å². The molecule has 94 valence electrons. The summed E-state index contributed by atoms with van der Waals surface area (Å²) in [4.78, 5) is 17.6. The maximum absolute atomic E-state index is 12.6. The van der Waals surface area contributed by atoms with Crippen molar-refractivity contribution in [3.8, 4) is 0 Å². The highest BCUT2D eigenvalue weighted by atomic mass is 16.2. The van der Waals surface area contributed by atoms with Gasteiger partial charge in [-0.2, -0.15) is 0 Å². The molecule has 1 aliphatic carbocycles. The zero-order chi connectivity index (χ0) is 12.5. The predicted octanol–water partition coefficient (Wildman–Crippen LogP) is 3.18. The molecule has 2 aromatic rings.